The minimum Gasteiger partial charge on any atom is -0.460 e. The van der Waals surface area contributed by atoms with E-state index in [1.165, 1.54) is 51.6 Å². The molecule has 0 N–H and O–H groups in total. The van der Waals surface area contributed by atoms with Crippen molar-refractivity contribution in [3.63, 3.8) is 0 Å². The molecule has 1 aromatic carbocycles. The number of carbonyl (C=O) groups excluding carboxylic acids is 1. The van der Waals surface area contributed by atoms with Gasteiger partial charge >= 0.3 is 17.8 Å². The maximum atomic E-state index is 13.4. The Morgan fingerprint density at radius 1 is 1.05 bits per heavy atom. The Kier molecular flexibility index (Phi) is 8.67. The molecular weight excluding hydrogens is 507 g/mol. The van der Waals surface area contributed by atoms with E-state index in [9.17, 15) is 22.8 Å². The van der Waals surface area contributed by atoms with Crippen molar-refractivity contribution >= 4 is 5.97 Å². The lowest BCUT2D eigenvalue weighted by molar-refractivity contribution is -0.155. The summed E-state index contributed by atoms with van der Waals surface area (Å²) in [5, 5.41) is 0. The van der Waals surface area contributed by atoms with Crippen LogP contribution < -0.4 is 5.69 Å². The molecule has 2 heterocycles. The highest BCUT2D eigenvalue weighted by molar-refractivity contribution is 5.71. The standard InChI is InChI=1S/C30H36F3N3O3/c1-29(2,3)39-27(37)20-26(22-10-7-11-23(19-22)30(31,32)33)36-18-17-35(28(36)38)16-8-12-24-15-14-21-9-5-4-6-13-25(21)34-24/h7,10-11,14-15,17-19,26H,4-6,8-9,12-13,16,20H2,1-3H3. The molecule has 0 spiro atoms. The zero-order valence-electron chi connectivity index (χ0n) is 22.8. The van der Waals surface area contributed by atoms with Gasteiger partial charge in [0.1, 0.15) is 5.60 Å². The molecule has 39 heavy (non-hydrogen) atoms. The molecule has 1 unspecified atom stereocenters. The van der Waals surface area contributed by atoms with Gasteiger partial charge in [0.25, 0.3) is 0 Å². The second kappa shape index (κ2) is 11.8. The fraction of sp³-hybridized carbons (Fsp3) is 0.500. The summed E-state index contributed by atoms with van der Waals surface area (Å²) in [4.78, 5) is 30.9. The van der Waals surface area contributed by atoms with Crippen molar-refractivity contribution in [1.29, 1.82) is 0 Å². The van der Waals surface area contributed by atoms with Crippen molar-refractivity contribution < 1.29 is 22.7 Å². The van der Waals surface area contributed by atoms with Crippen molar-refractivity contribution in [2.24, 2.45) is 0 Å². The zero-order chi connectivity index (χ0) is 28.2. The molecule has 0 saturated heterocycles. The topological polar surface area (TPSA) is 66.1 Å². The van der Waals surface area contributed by atoms with Crippen LogP contribution in [-0.4, -0.2) is 25.7 Å². The Hall–Kier alpha value is -3.36. The number of nitrogens with zero attached hydrogens (tertiary/aromatic N) is 3. The van der Waals surface area contributed by atoms with E-state index < -0.39 is 35.0 Å². The summed E-state index contributed by atoms with van der Waals surface area (Å²) in [5.41, 5.74) is 1.72. The number of imidazole rings is 1. The van der Waals surface area contributed by atoms with E-state index in [1.807, 2.05) is 0 Å². The average Bonchev–Trinajstić information content (AvgIpc) is 3.06. The largest absolute Gasteiger partial charge is 0.460 e. The Morgan fingerprint density at radius 3 is 2.56 bits per heavy atom. The van der Waals surface area contributed by atoms with Crippen LogP contribution in [0.1, 0.15) is 87.0 Å². The molecule has 0 fully saturated rings. The van der Waals surface area contributed by atoms with Crippen molar-refractivity contribution in [2.45, 2.75) is 96.5 Å². The maximum absolute atomic E-state index is 13.4. The normalized spacial score (nSPS) is 14.9. The first-order valence-corrected chi connectivity index (χ1v) is 13.5. The van der Waals surface area contributed by atoms with Gasteiger partial charge in [-0.1, -0.05) is 24.6 Å². The molecule has 210 valence electrons. The summed E-state index contributed by atoms with van der Waals surface area (Å²) in [6, 6.07) is 8.03. The Morgan fingerprint density at radius 2 is 1.82 bits per heavy atom. The molecule has 6 nitrogen and oxygen atoms in total. The number of hydrogen-bond donors (Lipinski definition) is 0. The molecule has 0 aliphatic heterocycles. The van der Waals surface area contributed by atoms with Crippen molar-refractivity contribution in [2.75, 3.05) is 0 Å². The van der Waals surface area contributed by atoms with Crippen LogP contribution in [0.3, 0.4) is 0 Å². The number of ether oxygens (including phenoxy) is 1. The van der Waals surface area contributed by atoms with Crippen LogP contribution in [-0.2, 0) is 41.5 Å². The van der Waals surface area contributed by atoms with E-state index in [-0.39, 0.29) is 12.0 Å². The van der Waals surface area contributed by atoms with Gasteiger partial charge in [-0.05, 0) is 88.6 Å². The number of rotatable bonds is 8. The summed E-state index contributed by atoms with van der Waals surface area (Å²) >= 11 is 0. The third kappa shape index (κ3) is 7.61. The third-order valence-electron chi connectivity index (χ3n) is 6.91. The number of alkyl halides is 3. The minimum atomic E-state index is -4.55. The van der Waals surface area contributed by atoms with Crippen LogP contribution in [0.2, 0.25) is 0 Å². The number of halogens is 3. The highest BCUT2D eigenvalue weighted by Crippen LogP contribution is 2.32. The van der Waals surface area contributed by atoms with E-state index in [4.69, 9.17) is 9.72 Å². The molecular formula is C30H36F3N3O3. The Labute approximate surface area is 226 Å². The van der Waals surface area contributed by atoms with Crippen LogP contribution >= 0.6 is 0 Å². The fourth-order valence-corrected chi connectivity index (χ4v) is 5.05. The molecule has 2 aromatic heterocycles. The van der Waals surface area contributed by atoms with E-state index in [0.29, 0.717) is 19.4 Å². The Balaban J connectivity index is 1.53. The number of aromatic nitrogens is 3. The smallest absolute Gasteiger partial charge is 0.416 e. The van der Waals surface area contributed by atoms with Gasteiger partial charge in [-0.15, -0.1) is 0 Å². The summed E-state index contributed by atoms with van der Waals surface area (Å²) < 4.78 is 48.5. The first-order chi connectivity index (χ1) is 18.4. The molecule has 0 saturated carbocycles. The molecule has 1 aliphatic carbocycles. The first-order valence-electron chi connectivity index (χ1n) is 13.5. The monoisotopic (exact) mass is 543 g/mol. The van der Waals surface area contributed by atoms with Gasteiger partial charge in [-0.25, -0.2) is 4.79 Å². The summed E-state index contributed by atoms with van der Waals surface area (Å²) in [5.74, 6) is -0.598. The molecule has 0 bridgehead atoms. The lowest BCUT2D eigenvalue weighted by atomic mass is 10.0. The number of benzene rings is 1. The van der Waals surface area contributed by atoms with Gasteiger partial charge in [0.2, 0.25) is 0 Å². The predicted octanol–water partition coefficient (Wildman–Crippen LogP) is 6.29. The quantitative estimate of drug-likeness (QED) is 0.248. The van der Waals surface area contributed by atoms with E-state index in [2.05, 4.69) is 12.1 Å². The molecule has 0 amide bonds. The number of esters is 1. The van der Waals surface area contributed by atoms with Gasteiger partial charge in [-0.3, -0.25) is 18.9 Å². The summed E-state index contributed by atoms with van der Waals surface area (Å²) in [6.07, 6.45) is 5.35. The van der Waals surface area contributed by atoms with Gasteiger partial charge < -0.3 is 4.74 Å². The fourth-order valence-electron chi connectivity index (χ4n) is 5.05. The van der Waals surface area contributed by atoms with Gasteiger partial charge in [0.05, 0.1) is 18.0 Å². The number of pyridine rings is 1. The average molecular weight is 544 g/mol. The van der Waals surface area contributed by atoms with Crippen molar-refractivity contribution in [3.8, 4) is 0 Å². The lowest BCUT2D eigenvalue weighted by Gasteiger charge is -2.23. The Bertz CT molecular complexity index is 1350. The van der Waals surface area contributed by atoms with E-state index >= 15 is 0 Å². The molecule has 1 aliphatic rings. The molecule has 4 rings (SSSR count). The summed E-state index contributed by atoms with van der Waals surface area (Å²) in [7, 11) is 0. The van der Waals surface area contributed by atoms with Crippen molar-refractivity contribution in [1.82, 2.24) is 14.1 Å². The van der Waals surface area contributed by atoms with Crippen LogP contribution in [0, 0.1) is 0 Å². The van der Waals surface area contributed by atoms with Gasteiger partial charge in [-0.2, -0.15) is 13.2 Å². The van der Waals surface area contributed by atoms with Crippen LogP contribution in [0.15, 0.2) is 53.6 Å². The predicted molar refractivity (Wildman–Crippen MR) is 143 cm³/mol. The molecule has 9 heteroatoms. The summed E-state index contributed by atoms with van der Waals surface area (Å²) in [6.45, 7) is 5.57. The van der Waals surface area contributed by atoms with Crippen LogP contribution in [0.25, 0.3) is 0 Å². The van der Waals surface area contributed by atoms with Crippen LogP contribution in [0.5, 0.6) is 0 Å². The number of aryl methyl sites for hydroxylation is 4. The minimum absolute atomic E-state index is 0.213. The molecule has 1 atom stereocenters. The number of carbonyl (C=O) groups is 1. The third-order valence-corrected chi connectivity index (χ3v) is 6.91. The first kappa shape index (κ1) is 28.6. The second-order valence-corrected chi connectivity index (χ2v) is 11.2. The van der Waals surface area contributed by atoms with Crippen molar-refractivity contribution in [3.05, 3.63) is 87.4 Å². The van der Waals surface area contributed by atoms with Crippen LogP contribution in [0.4, 0.5) is 13.2 Å². The van der Waals surface area contributed by atoms with Gasteiger partial charge in [0, 0.05) is 30.3 Å². The second-order valence-electron chi connectivity index (χ2n) is 11.2. The zero-order valence-corrected chi connectivity index (χ0v) is 22.8. The highest BCUT2D eigenvalue weighted by Gasteiger charge is 2.32. The highest BCUT2D eigenvalue weighted by atomic mass is 19.4. The van der Waals surface area contributed by atoms with E-state index in [1.54, 1.807) is 27.0 Å². The maximum Gasteiger partial charge on any atom is 0.416 e. The van der Waals surface area contributed by atoms with E-state index in [0.717, 1.165) is 37.1 Å². The SMILES string of the molecule is CC(C)(C)OC(=O)CC(c1cccc(C(F)(F)F)c1)n1ccn(CCCc2ccc3c(n2)CCCCC3)c1=O. The lowest BCUT2D eigenvalue weighted by Crippen LogP contribution is -2.31. The molecule has 3 aromatic rings. The number of hydrogen-bond acceptors (Lipinski definition) is 4. The molecule has 0 radical (unpaired) electrons. The number of fused-ring (bicyclic) bond motifs is 1. The van der Waals surface area contributed by atoms with Gasteiger partial charge in [0.15, 0.2) is 0 Å².